The maximum atomic E-state index is 5.02. The van der Waals surface area contributed by atoms with Crippen LogP contribution in [0, 0.1) is 0 Å². The van der Waals surface area contributed by atoms with Crippen molar-refractivity contribution in [2.45, 2.75) is 0 Å². The van der Waals surface area contributed by atoms with E-state index in [2.05, 4.69) is 140 Å². The molecule has 8 aromatic carbocycles. The van der Waals surface area contributed by atoms with Gasteiger partial charge in [0, 0.05) is 42.4 Å². The summed E-state index contributed by atoms with van der Waals surface area (Å²) < 4.78 is 2.54. The molecule has 0 atom stereocenters. The molecule has 0 aliphatic heterocycles. The van der Waals surface area contributed by atoms with Crippen LogP contribution in [0.2, 0.25) is 0 Å². The van der Waals surface area contributed by atoms with Gasteiger partial charge in [0.25, 0.3) is 0 Å². The zero-order chi connectivity index (χ0) is 36.6. The molecule has 3 nitrogen and oxygen atoms in total. The molecular formula is C51H33N3S. The predicted molar refractivity (Wildman–Crippen MR) is 231 cm³/mol. The second-order valence-corrected chi connectivity index (χ2v) is 14.6. The Balaban J connectivity index is 1.13. The minimum Gasteiger partial charge on any atom is -0.208 e. The minimum atomic E-state index is 0.645. The van der Waals surface area contributed by atoms with Gasteiger partial charge in [-0.1, -0.05) is 182 Å². The Labute approximate surface area is 323 Å². The Kier molecular flexibility index (Phi) is 8.36. The molecular weight excluding hydrogens is 687 g/mol. The highest BCUT2D eigenvalue weighted by molar-refractivity contribution is 7.26. The van der Waals surface area contributed by atoms with Crippen molar-refractivity contribution in [2.75, 3.05) is 0 Å². The maximum Gasteiger partial charge on any atom is 0.164 e. The third-order valence-corrected chi connectivity index (χ3v) is 11.4. The SMILES string of the molecule is c1ccc(-c2ccc(-c3cc(-c4ccccc4)cc4c3sc3c(-c5cccc(-c6nc(-c7ccccc7)nc(-c7ccccc7)n6)c5)cccc34)cc2)cc1. The molecule has 0 aliphatic carbocycles. The summed E-state index contributed by atoms with van der Waals surface area (Å²) in [5.41, 5.74) is 12.4. The lowest BCUT2D eigenvalue weighted by Crippen LogP contribution is -2.00. The first-order valence-corrected chi connectivity index (χ1v) is 19.3. The van der Waals surface area contributed by atoms with E-state index < -0.39 is 0 Å². The fraction of sp³-hybridized carbons (Fsp3) is 0. The van der Waals surface area contributed by atoms with E-state index in [0.29, 0.717) is 17.5 Å². The number of rotatable bonds is 7. The number of benzene rings is 8. The smallest absolute Gasteiger partial charge is 0.164 e. The average molecular weight is 720 g/mol. The molecule has 0 amide bonds. The van der Waals surface area contributed by atoms with Gasteiger partial charge in [0.1, 0.15) is 0 Å². The lowest BCUT2D eigenvalue weighted by atomic mass is 9.94. The van der Waals surface area contributed by atoms with E-state index in [0.717, 1.165) is 22.3 Å². The zero-order valence-corrected chi connectivity index (χ0v) is 30.6. The number of fused-ring (bicyclic) bond motifs is 3. The van der Waals surface area contributed by atoms with Gasteiger partial charge in [-0.15, -0.1) is 11.3 Å². The van der Waals surface area contributed by atoms with Crippen LogP contribution in [0.15, 0.2) is 200 Å². The van der Waals surface area contributed by atoms with Crippen LogP contribution >= 0.6 is 11.3 Å². The number of nitrogens with zero attached hydrogens (tertiary/aromatic N) is 3. The molecule has 0 saturated heterocycles. The molecule has 2 heterocycles. The fourth-order valence-electron chi connectivity index (χ4n) is 7.38. The molecule has 55 heavy (non-hydrogen) atoms. The molecule has 10 rings (SSSR count). The van der Waals surface area contributed by atoms with Crippen LogP contribution in [0.3, 0.4) is 0 Å². The second kappa shape index (κ2) is 14.1. The quantitative estimate of drug-likeness (QED) is 0.165. The highest BCUT2D eigenvalue weighted by atomic mass is 32.1. The van der Waals surface area contributed by atoms with Gasteiger partial charge in [0.15, 0.2) is 17.5 Å². The van der Waals surface area contributed by atoms with Gasteiger partial charge >= 0.3 is 0 Å². The van der Waals surface area contributed by atoms with Crippen LogP contribution in [0.5, 0.6) is 0 Å². The van der Waals surface area contributed by atoms with Crippen LogP contribution in [-0.2, 0) is 0 Å². The molecule has 258 valence electrons. The highest BCUT2D eigenvalue weighted by Crippen LogP contribution is 2.46. The van der Waals surface area contributed by atoms with Crippen LogP contribution in [-0.4, -0.2) is 15.0 Å². The van der Waals surface area contributed by atoms with Crippen LogP contribution in [0.25, 0.3) is 98.8 Å². The molecule has 0 fully saturated rings. The van der Waals surface area contributed by atoms with E-state index in [-0.39, 0.29) is 0 Å². The summed E-state index contributed by atoms with van der Waals surface area (Å²) in [6, 6.07) is 70.6. The number of hydrogen-bond acceptors (Lipinski definition) is 4. The van der Waals surface area contributed by atoms with Crippen molar-refractivity contribution in [1.82, 2.24) is 15.0 Å². The monoisotopic (exact) mass is 719 g/mol. The van der Waals surface area contributed by atoms with Gasteiger partial charge in [-0.2, -0.15) is 0 Å². The third-order valence-electron chi connectivity index (χ3n) is 10.1. The molecule has 10 aromatic rings. The molecule has 0 saturated carbocycles. The summed E-state index contributed by atoms with van der Waals surface area (Å²) in [6.45, 7) is 0. The Bertz CT molecular complexity index is 2880. The first-order chi connectivity index (χ1) is 27.2. The maximum absolute atomic E-state index is 5.02. The molecule has 2 aromatic heterocycles. The Morgan fingerprint density at radius 3 is 1.29 bits per heavy atom. The molecule has 0 spiro atoms. The van der Waals surface area contributed by atoms with Crippen molar-refractivity contribution in [3.63, 3.8) is 0 Å². The average Bonchev–Trinajstić information content (AvgIpc) is 3.66. The van der Waals surface area contributed by atoms with Crippen LogP contribution < -0.4 is 0 Å². The molecule has 0 unspecified atom stereocenters. The van der Waals surface area contributed by atoms with E-state index in [1.54, 1.807) is 0 Å². The number of thiophene rings is 1. The summed E-state index contributed by atoms with van der Waals surface area (Å²) in [5, 5.41) is 2.51. The van der Waals surface area contributed by atoms with Gasteiger partial charge in [0.05, 0.1) is 0 Å². The van der Waals surface area contributed by atoms with E-state index in [1.165, 1.54) is 59.1 Å². The van der Waals surface area contributed by atoms with Gasteiger partial charge in [0.2, 0.25) is 0 Å². The van der Waals surface area contributed by atoms with Crippen molar-refractivity contribution >= 4 is 31.5 Å². The van der Waals surface area contributed by atoms with Crippen molar-refractivity contribution in [3.05, 3.63) is 200 Å². The van der Waals surface area contributed by atoms with Crippen molar-refractivity contribution in [2.24, 2.45) is 0 Å². The van der Waals surface area contributed by atoms with E-state index in [1.807, 2.05) is 72.0 Å². The summed E-state index contributed by atoms with van der Waals surface area (Å²) in [5.74, 6) is 1.95. The lowest BCUT2D eigenvalue weighted by Gasteiger charge is -2.10. The highest BCUT2D eigenvalue weighted by Gasteiger charge is 2.18. The molecule has 0 radical (unpaired) electrons. The van der Waals surface area contributed by atoms with Crippen LogP contribution in [0.4, 0.5) is 0 Å². The third kappa shape index (κ3) is 6.29. The lowest BCUT2D eigenvalue weighted by molar-refractivity contribution is 1.07. The Hall–Kier alpha value is -7.01. The van der Waals surface area contributed by atoms with Gasteiger partial charge in [-0.05, 0) is 57.1 Å². The van der Waals surface area contributed by atoms with Crippen molar-refractivity contribution in [3.8, 4) is 78.7 Å². The number of hydrogen-bond donors (Lipinski definition) is 0. The van der Waals surface area contributed by atoms with Gasteiger partial charge in [-0.3, -0.25) is 0 Å². The molecule has 0 aliphatic rings. The standard InChI is InChI=1S/C51H33N3S/c1-5-15-34(16-6-1)36-27-29-37(30-28-36)45-32-42(35-17-7-2-8-18-35)33-46-44-26-14-25-43(47(44)55-48(45)46)40-23-13-24-41(31-40)51-53-49(38-19-9-3-10-20-38)52-50(54-51)39-21-11-4-12-22-39/h1-33H. The minimum absolute atomic E-state index is 0.645. The number of aromatic nitrogens is 3. The molecule has 0 N–H and O–H groups in total. The van der Waals surface area contributed by atoms with Crippen molar-refractivity contribution < 1.29 is 0 Å². The zero-order valence-electron chi connectivity index (χ0n) is 29.8. The van der Waals surface area contributed by atoms with E-state index >= 15 is 0 Å². The first-order valence-electron chi connectivity index (χ1n) is 18.4. The first kappa shape index (κ1) is 32.6. The van der Waals surface area contributed by atoms with E-state index in [4.69, 9.17) is 15.0 Å². The second-order valence-electron chi connectivity index (χ2n) is 13.6. The molecule has 4 heteroatoms. The van der Waals surface area contributed by atoms with Gasteiger partial charge < -0.3 is 0 Å². The summed E-state index contributed by atoms with van der Waals surface area (Å²) in [7, 11) is 0. The Morgan fingerprint density at radius 1 is 0.255 bits per heavy atom. The largest absolute Gasteiger partial charge is 0.208 e. The topological polar surface area (TPSA) is 38.7 Å². The van der Waals surface area contributed by atoms with E-state index in [9.17, 15) is 0 Å². The summed E-state index contributed by atoms with van der Waals surface area (Å²) >= 11 is 1.87. The van der Waals surface area contributed by atoms with Crippen molar-refractivity contribution in [1.29, 1.82) is 0 Å². The summed E-state index contributed by atoms with van der Waals surface area (Å²) in [6.07, 6.45) is 0. The fourth-order valence-corrected chi connectivity index (χ4v) is 8.73. The predicted octanol–water partition coefficient (Wildman–Crippen LogP) is 13.9. The molecule has 0 bridgehead atoms. The Morgan fingerprint density at radius 2 is 0.691 bits per heavy atom. The van der Waals surface area contributed by atoms with Gasteiger partial charge in [-0.25, -0.2) is 15.0 Å². The van der Waals surface area contributed by atoms with Crippen LogP contribution in [0.1, 0.15) is 0 Å². The summed E-state index contributed by atoms with van der Waals surface area (Å²) in [4.78, 5) is 14.9. The normalized spacial score (nSPS) is 11.3.